The molecule has 0 amide bonds. The zero-order chi connectivity index (χ0) is 15.1. The average Bonchev–Trinajstić information content (AvgIpc) is 2.46. The summed E-state index contributed by atoms with van der Waals surface area (Å²) in [5.41, 5.74) is 0. The molecule has 21 heavy (non-hydrogen) atoms. The summed E-state index contributed by atoms with van der Waals surface area (Å²) in [6, 6.07) is 0. The summed E-state index contributed by atoms with van der Waals surface area (Å²) in [4.78, 5) is 10.8. The Hall–Kier alpha value is -0.330. The topological polar surface area (TPSA) is 17.1 Å². The highest BCUT2D eigenvalue weighted by Crippen LogP contribution is 2.36. The number of carbonyl (C=O) groups is 1. The van der Waals surface area contributed by atoms with Crippen molar-refractivity contribution >= 4 is 6.29 Å². The summed E-state index contributed by atoms with van der Waals surface area (Å²) in [6.07, 6.45) is 17.8. The van der Waals surface area contributed by atoms with Gasteiger partial charge in [0.2, 0.25) is 0 Å². The molecule has 0 spiro atoms. The molecule has 0 saturated heterocycles. The third-order valence-electron chi connectivity index (χ3n) is 6.08. The predicted octanol–water partition coefficient (Wildman–Crippen LogP) is 6.01. The average molecular weight is 293 g/mol. The van der Waals surface area contributed by atoms with Crippen LogP contribution in [0, 0.1) is 29.6 Å². The largest absolute Gasteiger partial charge is 0.303 e. The molecule has 0 bridgehead atoms. The molecule has 2 atom stereocenters. The predicted molar refractivity (Wildman–Crippen MR) is 90.3 cm³/mol. The fourth-order valence-corrected chi connectivity index (χ4v) is 5.01. The number of carbonyl (C=O) groups excluding carboxylic acids is 1. The molecule has 0 aliphatic heterocycles. The second-order valence-corrected chi connectivity index (χ2v) is 8.34. The first kappa shape index (κ1) is 17.0. The van der Waals surface area contributed by atoms with Crippen LogP contribution in [0.25, 0.3) is 0 Å². The molecule has 0 aromatic heterocycles. The van der Waals surface area contributed by atoms with Gasteiger partial charge in [0.1, 0.15) is 6.29 Å². The molecule has 1 heteroatoms. The number of aldehydes is 1. The molecule has 0 heterocycles. The lowest BCUT2D eigenvalue weighted by Gasteiger charge is -2.31. The number of hydrogen-bond acceptors (Lipinski definition) is 1. The maximum absolute atomic E-state index is 10.8. The normalized spacial score (nSPS) is 37.3. The fraction of sp³-hybridized carbons (Fsp3) is 0.950. The third kappa shape index (κ3) is 6.12. The molecular formula is C20H36O. The third-order valence-corrected chi connectivity index (χ3v) is 6.08. The molecular weight excluding hydrogens is 256 g/mol. The van der Waals surface area contributed by atoms with Crippen molar-refractivity contribution in [2.75, 3.05) is 0 Å². The van der Waals surface area contributed by atoms with Crippen molar-refractivity contribution in [2.24, 2.45) is 29.6 Å². The van der Waals surface area contributed by atoms with Crippen molar-refractivity contribution in [3.8, 4) is 0 Å². The first-order valence-corrected chi connectivity index (χ1v) is 9.62. The van der Waals surface area contributed by atoms with E-state index in [9.17, 15) is 4.79 Å². The smallest absolute Gasteiger partial charge is 0.123 e. The van der Waals surface area contributed by atoms with E-state index in [1.165, 1.54) is 70.5 Å². The second kappa shape index (κ2) is 8.96. The Morgan fingerprint density at radius 1 is 0.762 bits per heavy atom. The molecule has 2 saturated carbocycles. The Morgan fingerprint density at radius 3 is 1.90 bits per heavy atom. The monoisotopic (exact) mass is 292 g/mol. The van der Waals surface area contributed by atoms with E-state index < -0.39 is 0 Å². The van der Waals surface area contributed by atoms with Crippen LogP contribution in [0.1, 0.15) is 90.9 Å². The molecule has 0 aromatic rings. The van der Waals surface area contributed by atoms with Gasteiger partial charge in [-0.2, -0.15) is 0 Å². The van der Waals surface area contributed by atoms with Gasteiger partial charge in [0.15, 0.2) is 0 Å². The van der Waals surface area contributed by atoms with Crippen molar-refractivity contribution in [3.63, 3.8) is 0 Å². The molecule has 0 radical (unpaired) electrons. The summed E-state index contributed by atoms with van der Waals surface area (Å²) < 4.78 is 0. The van der Waals surface area contributed by atoms with Gasteiger partial charge in [0.25, 0.3) is 0 Å². The minimum Gasteiger partial charge on any atom is -0.303 e. The molecule has 122 valence electrons. The summed E-state index contributed by atoms with van der Waals surface area (Å²) in [5, 5.41) is 0. The van der Waals surface area contributed by atoms with Gasteiger partial charge in [-0.25, -0.2) is 0 Å². The Bertz CT molecular complexity index is 280. The van der Waals surface area contributed by atoms with E-state index in [2.05, 4.69) is 13.8 Å². The quantitative estimate of drug-likeness (QED) is 0.414. The van der Waals surface area contributed by atoms with Crippen LogP contribution in [0.2, 0.25) is 0 Å². The highest BCUT2D eigenvalue weighted by atomic mass is 16.1. The lowest BCUT2D eigenvalue weighted by Crippen LogP contribution is -2.19. The van der Waals surface area contributed by atoms with Crippen molar-refractivity contribution in [2.45, 2.75) is 90.9 Å². The Balaban J connectivity index is 1.49. The molecule has 2 unspecified atom stereocenters. The van der Waals surface area contributed by atoms with E-state index in [1.54, 1.807) is 0 Å². The molecule has 2 fully saturated rings. The van der Waals surface area contributed by atoms with Gasteiger partial charge in [-0.1, -0.05) is 46.0 Å². The van der Waals surface area contributed by atoms with E-state index in [1.807, 2.05) is 0 Å². The number of rotatable bonds is 7. The fourth-order valence-electron chi connectivity index (χ4n) is 5.01. The van der Waals surface area contributed by atoms with Crippen LogP contribution >= 0.6 is 0 Å². The summed E-state index contributed by atoms with van der Waals surface area (Å²) >= 11 is 0. The first-order chi connectivity index (χ1) is 10.2. The standard InChI is InChI=1S/C20H36O/c1-16-12-17(2)14-20(13-16)7-5-3-4-6-18-8-10-19(15-21)11-9-18/h15-20H,3-14H2,1-2H3. The van der Waals surface area contributed by atoms with Gasteiger partial charge < -0.3 is 4.79 Å². The summed E-state index contributed by atoms with van der Waals surface area (Å²) in [7, 11) is 0. The second-order valence-electron chi connectivity index (χ2n) is 8.34. The van der Waals surface area contributed by atoms with E-state index >= 15 is 0 Å². The maximum Gasteiger partial charge on any atom is 0.123 e. The van der Waals surface area contributed by atoms with Crippen LogP contribution in [-0.4, -0.2) is 6.29 Å². The van der Waals surface area contributed by atoms with Crippen LogP contribution in [0.4, 0.5) is 0 Å². The highest BCUT2D eigenvalue weighted by molar-refractivity contribution is 5.53. The highest BCUT2D eigenvalue weighted by Gasteiger charge is 2.23. The first-order valence-electron chi connectivity index (χ1n) is 9.62. The minimum absolute atomic E-state index is 0.386. The lowest BCUT2D eigenvalue weighted by molar-refractivity contribution is -0.112. The zero-order valence-corrected chi connectivity index (χ0v) is 14.4. The molecule has 0 N–H and O–H groups in total. The van der Waals surface area contributed by atoms with Crippen molar-refractivity contribution in [1.29, 1.82) is 0 Å². The van der Waals surface area contributed by atoms with Gasteiger partial charge >= 0.3 is 0 Å². The van der Waals surface area contributed by atoms with Gasteiger partial charge in [-0.05, 0) is 68.6 Å². The molecule has 0 aromatic carbocycles. The Morgan fingerprint density at radius 2 is 1.33 bits per heavy atom. The van der Waals surface area contributed by atoms with Crippen molar-refractivity contribution in [1.82, 2.24) is 0 Å². The SMILES string of the molecule is CC1CC(C)CC(CCCCCC2CCC(C=O)CC2)C1. The van der Waals surface area contributed by atoms with E-state index in [0.717, 1.165) is 36.5 Å². The number of hydrogen-bond donors (Lipinski definition) is 0. The summed E-state index contributed by atoms with van der Waals surface area (Å²) in [6.45, 7) is 4.89. The number of unbranched alkanes of at least 4 members (excludes halogenated alkanes) is 2. The molecule has 2 rings (SSSR count). The summed E-state index contributed by atoms with van der Waals surface area (Å²) in [5.74, 6) is 4.26. The molecule has 1 nitrogen and oxygen atoms in total. The van der Waals surface area contributed by atoms with Crippen molar-refractivity contribution < 1.29 is 4.79 Å². The van der Waals surface area contributed by atoms with Crippen LogP contribution in [-0.2, 0) is 4.79 Å². The molecule has 2 aliphatic rings. The van der Waals surface area contributed by atoms with Gasteiger partial charge in [-0.3, -0.25) is 0 Å². The molecule has 2 aliphatic carbocycles. The van der Waals surface area contributed by atoms with Gasteiger partial charge in [0.05, 0.1) is 0 Å². The van der Waals surface area contributed by atoms with E-state index in [0.29, 0.717) is 5.92 Å². The van der Waals surface area contributed by atoms with Crippen LogP contribution < -0.4 is 0 Å². The van der Waals surface area contributed by atoms with E-state index in [-0.39, 0.29) is 0 Å². The van der Waals surface area contributed by atoms with Gasteiger partial charge in [0, 0.05) is 5.92 Å². The zero-order valence-electron chi connectivity index (χ0n) is 14.4. The van der Waals surface area contributed by atoms with Gasteiger partial charge in [-0.15, -0.1) is 0 Å². The van der Waals surface area contributed by atoms with Crippen molar-refractivity contribution in [3.05, 3.63) is 0 Å². The Kier molecular flexibility index (Phi) is 7.26. The van der Waals surface area contributed by atoms with Crippen LogP contribution in [0.15, 0.2) is 0 Å². The van der Waals surface area contributed by atoms with E-state index in [4.69, 9.17) is 0 Å². The maximum atomic E-state index is 10.8. The van der Waals surface area contributed by atoms with Crippen LogP contribution in [0.5, 0.6) is 0 Å². The lowest BCUT2D eigenvalue weighted by atomic mass is 9.75. The minimum atomic E-state index is 0.386. The van der Waals surface area contributed by atoms with Crippen LogP contribution in [0.3, 0.4) is 0 Å². The Labute approximate surface area is 132 Å².